The summed E-state index contributed by atoms with van der Waals surface area (Å²) in [4.78, 5) is 2.45. The minimum atomic E-state index is 0.235. The van der Waals surface area contributed by atoms with E-state index in [1.54, 1.807) is 12.6 Å². The van der Waals surface area contributed by atoms with E-state index in [4.69, 9.17) is 4.42 Å². The average molecular weight is 289 g/mol. The zero-order valence-corrected chi connectivity index (χ0v) is 12.7. The van der Waals surface area contributed by atoms with Crippen molar-refractivity contribution in [1.82, 2.24) is 25.0 Å². The summed E-state index contributed by atoms with van der Waals surface area (Å²) in [5.74, 6) is 2.04. The highest BCUT2D eigenvalue weighted by molar-refractivity contribution is 4.99. The molecule has 2 aromatic rings. The maximum Gasteiger partial charge on any atom is 0.149 e. The SMILES string of the molecule is C[C@H](NC1CCN(Cc2ccco2)CC1)c1nncn1C. The van der Waals surface area contributed by atoms with Crippen molar-refractivity contribution in [3.8, 4) is 0 Å². The lowest BCUT2D eigenvalue weighted by Crippen LogP contribution is -2.43. The Morgan fingerprint density at radius 1 is 1.43 bits per heavy atom. The highest BCUT2D eigenvalue weighted by Crippen LogP contribution is 2.17. The lowest BCUT2D eigenvalue weighted by atomic mass is 10.0. The third-order valence-corrected chi connectivity index (χ3v) is 4.17. The van der Waals surface area contributed by atoms with Crippen LogP contribution >= 0.6 is 0 Å². The Labute approximate surface area is 125 Å². The van der Waals surface area contributed by atoms with Crippen LogP contribution in [-0.2, 0) is 13.6 Å². The van der Waals surface area contributed by atoms with E-state index >= 15 is 0 Å². The fraction of sp³-hybridized carbons (Fsp3) is 0.600. The molecule has 0 spiro atoms. The lowest BCUT2D eigenvalue weighted by Gasteiger charge is -2.33. The van der Waals surface area contributed by atoms with Crippen LogP contribution in [0.5, 0.6) is 0 Å². The second-order valence-electron chi connectivity index (χ2n) is 5.82. The fourth-order valence-corrected chi connectivity index (χ4v) is 2.99. The molecule has 6 nitrogen and oxygen atoms in total. The van der Waals surface area contributed by atoms with Crippen molar-refractivity contribution in [2.24, 2.45) is 7.05 Å². The van der Waals surface area contributed by atoms with E-state index < -0.39 is 0 Å². The van der Waals surface area contributed by atoms with Crippen molar-refractivity contribution in [2.45, 2.75) is 38.4 Å². The van der Waals surface area contributed by atoms with E-state index in [0.717, 1.165) is 44.1 Å². The van der Waals surface area contributed by atoms with Crippen LogP contribution in [0, 0.1) is 0 Å². The zero-order chi connectivity index (χ0) is 14.7. The molecular formula is C15H23N5O. The lowest BCUT2D eigenvalue weighted by molar-refractivity contribution is 0.173. The fourth-order valence-electron chi connectivity index (χ4n) is 2.99. The van der Waals surface area contributed by atoms with Crippen LogP contribution in [0.2, 0.25) is 0 Å². The van der Waals surface area contributed by atoms with Crippen molar-refractivity contribution in [3.05, 3.63) is 36.3 Å². The standard InChI is InChI=1S/C15H23N5O/c1-12(15-18-16-11-19(15)2)17-13-5-7-20(8-6-13)10-14-4-3-9-21-14/h3-4,9,11-13,17H,5-8,10H2,1-2H3/t12-/m0/s1. The second kappa shape index (κ2) is 6.41. The summed E-state index contributed by atoms with van der Waals surface area (Å²) in [5.41, 5.74) is 0. The van der Waals surface area contributed by atoms with Gasteiger partial charge in [-0.05, 0) is 31.9 Å². The van der Waals surface area contributed by atoms with Crippen LogP contribution in [-0.4, -0.2) is 38.8 Å². The molecular weight excluding hydrogens is 266 g/mol. The van der Waals surface area contributed by atoms with Gasteiger partial charge >= 0.3 is 0 Å². The molecule has 0 unspecified atom stereocenters. The van der Waals surface area contributed by atoms with Crippen LogP contribution in [0.4, 0.5) is 0 Å². The van der Waals surface area contributed by atoms with Crippen LogP contribution in [0.15, 0.2) is 29.1 Å². The van der Waals surface area contributed by atoms with Crippen molar-refractivity contribution in [2.75, 3.05) is 13.1 Å². The van der Waals surface area contributed by atoms with Crippen LogP contribution < -0.4 is 5.32 Å². The van der Waals surface area contributed by atoms with Crippen molar-refractivity contribution in [1.29, 1.82) is 0 Å². The first-order chi connectivity index (χ1) is 10.2. The van der Waals surface area contributed by atoms with E-state index in [9.17, 15) is 0 Å². The predicted octanol–water partition coefficient (Wildman–Crippen LogP) is 1.72. The highest BCUT2D eigenvalue weighted by Gasteiger charge is 2.22. The van der Waals surface area contributed by atoms with Gasteiger partial charge in [-0.2, -0.15) is 0 Å². The molecule has 6 heteroatoms. The van der Waals surface area contributed by atoms with Crippen LogP contribution in [0.3, 0.4) is 0 Å². The molecule has 1 N–H and O–H groups in total. The topological polar surface area (TPSA) is 59.1 Å². The van der Waals surface area contributed by atoms with Gasteiger partial charge in [0.2, 0.25) is 0 Å². The van der Waals surface area contributed by atoms with Crippen LogP contribution in [0.25, 0.3) is 0 Å². The molecule has 3 heterocycles. The summed E-state index contributed by atoms with van der Waals surface area (Å²) in [6, 6.07) is 4.77. The monoisotopic (exact) mass is 289 g/mol. The van der Waals surface area contributed by atoms with Gasteiger partial charge in [0.1, 0.15) is 17.9 Å². The number of aromatic nitrogens is 3. The third kappa shape index (κ3) is 3.51. The van der Waals surface area contributed by atoms with Gasteiger partial charge in [-0.1, -0.05) is 0 Å². The van der Waals surface area contributed by atoms with Crippen molar-refractivity contribution < 1.29 is 4.42 Å². The molecule has 0 saturated carbocycles. The number of piperidine rings is 1. The summed E-state index contributed by atoms with van der Waals surface area (Å²) >= 11 is 0. The molecule has 1 fully saturated rings. The van der Waals surface area contributed by atoms with Gasteiger partial charge in [0.05, 0.1) is 18.8 Å². The Balaban J connectivity index is 1.46. The van der Waals surface area contributed by atoms with E-state index in [1.165, 1.54) is 0 Å². The number of aryl methyl sites for hydroxylation is 1. The number of nitrogens with one attached hydrogen (secondary N) is 1. The van der Waals surface area contributed by atoms with E-state index in [1.807, 2.05) is 23.7 Å². The number of likely N-dealkylation sites (tertiary alicyclic amines) is 1. The Kier molecular flexibility index (Phi) is 4.36. The molecule has 0 aromatic carbocycles. The van der Waals surface area contributed by atoms with Gasteiger partial charge in [-0.3, -0.25) is 4.90 Å². The molecule has 0 bridgehead atoms. The summed E-state index contributed by atoms with van der Waals surface area (Å²) < 4.78 is 7.39. The Hall–Kier alpha value is -1.66. The van der Waals surface area contributed by atoms with Gasteiger partial charge in [0.25, 0.3) is 0 Å². The maximum absolute atomic E-state index is 5.41. The first-order valence-electron chi connectivity index (χ1n) is 7.57. The quantitative estimate of drug-likeness (QED) is 0.908. The molecule has 21 heavy (non-hydrogen) atoms. The first kappa shape index (κ1) is 14.3. The zero-order valence-electron chi connectivity index (χ0n) is 12.7. The van der Waals surface area contributed by atoms with Crippen molar-refractivity contribution >= 4 is 0 Å². The molecule has 0 radical (unpaired) electrons. The minimum absolute atomic E-state index is 0.235. The molecule has 1 aliphatic rings. The van der Waals surface area contributed by atoms with E-state index in [2.05, 4.69) is 27.3 Å². The molecule has 1 saturated heterocycles. The number of nitrogens with zero attached hydrogens (tertiary/aromatic N) is 4. The summed E-state index contributed by atoms with van der Waals surface area (Å²) in [5, 5.41) is 11.8. The summed E-state index contributed by atoms with van der Waals surface area (Å²) in [6.07, 6.45) is 5.80. The van der Waals surface area contributed by atoms with Gasteiger partial charge < -0.3 is 14.3 Å². The van der Waals surface area contributed by atoms with E-state index in [-0.39, 0.29) is 6.04 Å². The molecule has 114 valence electrons. The van der Waals surface area contributed by atoms with E-state index in [0.29, 0.717) is 6.04 Å². The largest absolute Gasteiger partial charge is 0.468 e. The molecule has 0 aliphatic carbocycles. The van der Waals surface area contributed by atoms with Crippen LogP contribution in [0.1, 0.15) is 37.4 Å². The summed E-state index contributed by atoms with van der Waals surface area (Å²) in [7, 11) is 1.99. The predicted molar refractivity (Wildman–Crippen MR) is 79.6 cm³/mol. The molecule has 3 rings (SSSR count). The molecule has 0 amide bonds. The third-order valence-electron chi connectivity index (χ3n) is 4.17. The highest BCUT2D eigenvalue weighted by atomic mass is 16.3. The molecule has 1 aliphatic heterocycles. The normalized spacial score (nSPS) is 19.0. The molecule has 2 aromatic heterocycles. The summed E-state index contributed by atoms with van der Waals surface area (Å²) in [6.45, 7) is 5.27. The Morgan fingerprint density at radius 3 is 2.86 bits per heavy atom. The molecule has 1 atom stereocenters. The maximum atomic E-state index is 5.41. The number of hydrogen-bond donors (Lipinski definition) is 1. The number of hydrogen-bond acceptors (Lipinski definition) is 5. The number of furan rings is 1. The number of rotatable bonds is 5. The van der Waals surface area contributed by atoms with Crippen molar-refractivity contribution in [3.63, 3.8) is 0 Å². The average Bonchev–Trinajstić information content (AvgIpc) is 3.12. The van der Waals surface area contributed by atoms with Gasteiger partial charge in [-0.25, -0.2) is 0 Å². The van der Waals surface area contributed by atoms with Gasteiger partial charge in [0.15, 0.2) is 0 Å². The smallest absolute Gasteiger partial charge is 0.149 e. The first-order valence-corrected chi connectivity index (χ1v) is 7.57. The Bertz CT molecular complexity index is 542. The minimum Gasteiger partial charge on any atom is -0.468 e. The van der Waals surface area contributed by atoms with Gasteiger partial charge in [0, 0.05) is 26.2 Å². The van der Waals surface area contributed by atoms with Gasteiger partial charge in [-0.15, -0.1) is 10.2 Å². The Morgan fingerprint density at radius 2 is 2.24 bits per heavy atom. The second-order valence-corrected chi connectivity index (χ2v) is 5.82.